The fourth-order valence-electron chi connectivity index (χ4n) is 1.04. The van der Waals surface area contributed by atoms with Crippen molar-refractivity contribution < 1.29 is 10.0 Å². The lowest BCUT2D eigenvalue weighted by molar-refractivity contribution is -0.384. The summed E-state index contributed by atoms with van der Waals surface area (Å²) in [5.74, 6) is 5.64. The number of rotatable bonds is 5. The predicted molar refractivity (Wildman–Crippen MR) is 58.7 cm³/mol. The standard InChI is InChI=1S/C8H11N3O3S/c9-10-7-2-1-6(15-4-3-12)5-8(7)11(13)14/h1-2,5,10,12H,3-4,9H2. The van der Waals surface area contributed by atoms with Gasteiger partial charge >= 0.3 is 0 Å². The molecule has 0 spiro atoms. The molecule has 0 saturated carbocycles. The van der Waals surface area contributed by atoms with Gasteiger partial charge in [-0.1, -0.05) is 0 Å². The number of hydrogen-bond donors (Lipinski definition) is 3. The van der Waals surface area contributed by atoms with Gasteiger partial charge in [0.05, 0.1) is 11.5 Å². The minimum absolute atomic E-state index is 0.0371. The topological polar surface area (TPSA) is 101 Å². The molecule has 7 heteroatoms. The van der Waals surface area contributed by atoms with Crippen LogP contribution in [-0.4, -0.2) is 22.4 Å². The van der Waals surface area contributed by atoms with Crippen molar-refractivity contribution in [3.63, 3.8) is 0 Å². The predicted octanol–water partition coefficient (Wildman–Crippen LogP) is 0.965. The van der Waals surface area contributed by atoms with Crippen molar-refractivity contribution in [2.75, 3.05) is 17.8 Å². The van der Waals surface area contributed by atoms with Crippen LogP contribution in [0.5, 0.6) is 0 Å². The fourth-order valence-corrected chi connectivity index (χ4v) is 1.72. The van der Waals surface area contributed by atoms with Crippen LogP contribution in [0.1, 0.15) is 0 Å². The van der Waals surface area contributed by atoms with Crippen molar-refractivity contribution >= 4 is 23.1 Å². The highest BCUT2D eigenvalue weighted by molar-refractivity contribution is 7.99. The van der Waals surface area contributed by atoms with Crippen LogP contribution in [0.3, 0.4) is 0 Å². The van der Waals surface area contributed by atoms with Gasteiger partial charge in [0.15, 0.2) is 0 Å². The number of nitro groups is 1. The van der Waals surface area contributed by atoms with Gasteiger partial charge in [-0.25, -0.2) is 0 Å². The summed E-state index contributed by atoms with van der Waals surface area (Å²) in [5, 5.41) is 19.3. The molecule has 4 N–H and O–H groups in total. The SMILES string of the molecule is NNc1ccc(SCCO)cc1[N+](=O)[O-]. The molecule has 0 atom stereocenters. The molecule has 0 unspecified atom stereocenters. The highest BCUT2D eigenvalue weighted by atomic mass is 32.2. The first-order valence-electron chi connectivity index (χ1n) is 4.17. The lowest BCUT2D eigenvalue weighted by atomic mass is 10.3. The quantitative estimate of drug-likeness (QED) is 0.301. The van der Waals surface area contributed by atoms with E-state index in [0.29, 0.717) is 5.75 Å². The Labute approximate surface area is 90.6 Å². The average molecular weight is 229 g/mol. The molecule has 82 valence electrons. The minimum atomic E-state index is -0.502. The van der Waals surface area contributed by atoms with E-state index in [4.69, 9.17) is 10.9 Å². The van der Waals surface area contributed by atoms with Gasteiger partial charge in [-0.2, -0.15) is 0 Å². The molecule has 0 bridgehead atoms. The Morgan fingerprint density at radius 3 is 2.87 bits per heavy atom. The van der Waals surface area contributed by atoms with E-state index < -0.39 is 4.92 Å². The highest BCUT2D eigenvalue weighted by Crippen LogP contribution is 2.29. The van der Waals surface area contributed by atoms with E-state index in [9.17, 15) is 10.1 Å². The van der Waals surface area contributed by atoms with Crippen LogP contribution >= 0.6 is 11.8 Å². The van der Waals surface area contributed by atoms with Gasteiger partial charge in [-0.3, -0.25) is 16.0 Å². The van der Waals surface area contributed by atoms with Crippen LogP contribution in [0.4, 0.5) is 11.4 Å². The van der Waals surface area contributed by atoms with Crippen LogP contribution in [0.2, 0.25) is 0 Å². The smallest absolute Gasteiger partial charge is 0.294 e. The van der Waals surface area contributed by atoms with E-state index in [-0.39, 0.29) is 18.0 Å². The van der Waals surface area contributed by atoms with Crippen molar-refractivity contribution in [3.8, 4) is 0 Å². The molecule has 0 aliphatic heterocycles. The summed E-state index contributed by atoms with van der Waals surface area (Å²) in [7, 11) is 0. The van der Waals surface area contributed by atoms with E-state index in [2.05, 4.69) is 5.43 Å². The van der Waals surface area contributed by atoms with Crippen LogP contribution < -0.4 is 11.3 Å². The maximum Gasteiger partial charge on any atom is 0.294 e. The molecule has 0 amide bonds. The Bertz CT molecular complexity index is 359. The number of thioether (sulfide) groups is 1. The lowest BCUT2D eigenvalue weighted by Crippen LogP contribution is -2.08. The third kappa shape index (κ3) is 3.08. The number of hydrogen-bond acceptors (Lipinski definition) is 6. The Morgan fingerprint density at radius 2 is 2.33 bits per heavy atom. The molecule has 0 aromatic heterocycles. The van der Waals surface area contributed by atoms with Crippen molar-refractivity contribution in [1.29, 1.82) is 0 Å². The summed E-state index contributed by atoms with van der Waals surface area (Å²) >= 11 is 1.35. The second-order valence-electron chi connectivity index (χ2n) is 2.65. The van der Waals surface area contributed by atoms with Gasteiger partial charge < -0.3 is 10.5 Å². The fraction of sp³-hybridized carbons (Fsp3) is 0.250. The molecular formula is C8H11N3O3S. The Hall–Kier alpha value is -1.31. The first kappa shape index (κ1) is 11.8. The molecule has 0 heterocycles. The molecule has 0 radical (unpaired) electrons. The van der Waals surface area contributed by atoms with E-state index in [1.807, 2.05) is 0 Å². The molecule has 1 aromatic carbocycles. The molecule has 0 fully saturated rings. The van der Waals surface area contributed by atoms with E-state index in [1.165, 1.54) is 23.9 Å². The normalized spacial score (nSPS) is 10.0. The lowest BCUT2D eigenvalue weighted by Gasteiger charge is -2.04. The zero-order valence-electron chi connectivity index (χ0n) is 7.84. The van der Waals surface area contributed by atoms with Crippen LogP contribution in [0.25, 0.3) is 0 Å². The Balaban J connectivity index is 2.94. The maximum absolute atomic E-state index is 10.7. The van der Waals surface area contributed by atoms with E-state index in [1.54, 1.807) is 6.07 Å². The second kappa shape index (κ2) is 5.54. The number of nitrogens with one attached hydrogen (secondary N) is 1. The molecule has 0 saturated heterocycles. The van der Waals surface area contributed by atoms with Crippen LogP contribution in [0.15, 0.2) is 23.1 Å². The van der Waals surface area contributed by atoms with Crippen LogP contribution in [-0.2, 0) is 0 Å². The zero-order chi connectivity index (χ0) is 11.3. The molecule has 1 rings (SSSR count). The average Bonchev–Trinajstić information content (AvgIpc) is 2.25. The summed E-state index contributed by atoms with van der Waals surface area (Å²) in [6.07, 6.45) is 0. The van der Waals surface area contributed by atoms with E-state index >= 15 is 0 Å². The molecule has 6 nitrogen and oxygen atoms in total. The monoisotopic (exact) mass is 229 g/mol. The number of hydrazine groups is 1. The Morgan fingerprint density at radius 1 is 1.60 bits per heavy atom. The first-order valence-corrected chi connectivity index (χ1v) is 5.16. The first-order chi connectivity index (χ1) is 7.19. The molecule has 0 aliphatic carbocycles. The molecule has 15 heavy (non-hydrogen) atoms. The summed E-state index contributed by atoms with van der Waals surface area (Å²) in [6, 6.07) is 4.68. The number of benzene rings is 1. The number of aliphatic hydroxyl groups is 1. The number of nitrogens with two attached hydrogens (primary N) is 1. The number of anilines is 1. The third-order valence-electron chi connectivity index (χ3n) is 1.68. The van der Waals surface area contributed by atoms with Crippen molar-refractivity contribution in [3.05, 3.63) is 28.3 Å². The van der Waals surface area contributed by atoms with Gasteiger partial charge in [0, 0.05) is 16.7 Å². The number of nitrogens with zero attached hydrogens (tertiary/aromatic N) is 1. The third-order valence-corrected chi connectivity index (χ3v) is 2.66. The van der Waals surface area contributed by atoms with Gasteiger partial charge in [0.1, 0.15) is 5.69 Å². The number of aliphatic hydroxyl groups excluding tert-OH is 1. The van der Waals surface area contributed by atoms with Gasteiger partial charge in [-0.05, 0) is 12.1 Å². The maximum atomic E-state index is 10.7. The van der Waals surface area contributed by atoms with E-state index in [0.717, 1.165) is 4.90 Å². The number of nitrogen functional groups attached to an aromatic ring is 1. The van der Waals surface area contributed by atoms with Crippen molar-refractivity contribution in [2.24, 2.45) is 5.84 Å². The summed E-state index contributed by atoms with van der Waals surface area (Å²) in [4.78, 5) is 10.9. The summed E-state index contributed by atoms with van der Waals surface area (Å²) in [5.41, 5.74) is 2.46. The van der Waals surface area contributed by atoms with Gasteiger partial charge in [0.25, 0.3) is 5.69 Å². The zero-order valence-corrected chi connectivity index (χ0v) is 8.66. The van der Waals surface area contributed by atoms with Crippen LogP contribution in [0, 0.1) is 10.1 Å². The van der Waals surface area contributed by atoms with Crippen molar-refractivity contribution in [2.45, 2.75) is 4.90 Å². The van der Waals surface area contributed by atoms with Gasteiger partial charge in [0.2, 0.25) is 0 Å². The van der Waals surface area contributed by atoms with Gasteiger partial charge in [-0.15, -0.1) is 11.8 Å². The largest absolute Gasteiger partial charge is 0.396 e. The highest BCUT2D eigenvalue weighted by Gasteiger charge is 2.13. The minimum Gasteiger partial charge on any atom is -0.396 e. The molecule has 1 aromatic rings. The molecular weight excluding hydrogens is 218 g/mol. The Kier molecular flexibility index (Phi) is 4.35. The molecule has 0 aliphatic rings. The second-order valence-corrected chi connectivity index (χ2v) is 3.82. The summed E-state index contributed by atoms with van der Waals surface area (Å²) < 4.78 is 0. The number of nitro benzene ring substituents is 1. The van der Waals surface area contributed by atoms with Crippen molar-refractivity contribution in [1.82, 2.24) is 0 Å². The summed E-state index contributed by atoms with van der Waals surface area (Å²) in [6.45, 7) is 0.0371.